The highest BCUT2D eigenvalue weighted by molar-refractivity contribution is 5.48. The van der Waals surface area contributed by atoms with Gasteiger partial charge >= 0.3 is 0 Å². The molecular weight excluding hydrogens is 255 g/mol. The third kappa shape index (κ3) is 5.88. The summed E-state index contributed by atoms with van der Waals surface area (Å²) in [6.07, 6.45) is 0.206. The summed E-state index contributed by atoms with van der Waals surface area (Å²) >= 11 is 0. The fraction of sp³-hybridized carbons (Fsp3) is 0.625. The zero-order chi connectivity index (χ0) is 15.1. The molecule has 0 spiro atoms. The molecule has 0 radical (unpaired) electrons. The average Bonchev–Trinajstić information content (AvgIpc) is 2.35. The molecule has 1 rings (SSSR count). The number of anilines is 1. The predicted molar refractivity (Wildman–Crippen MR) is 82.7 cm³/mol. The fourth-order valence-corrected chi connectivity index (χ4v) is 1.84. The summed E-state index contributed by atoms with van der Waals surface area (Å²) in [5.74, 6) is -0.180. The summed E-state index contributed by atoms with van der Waals surface area (Å²) in [4.78, 5) is 1.89. The molecule has 3 nitrogen and oxygen atoms in total. The van der Waals surface area contributed by atoms with Crippen molar-refractivity contribution in [3.8, 4) is 0 Å². The van der Waals surface area contributed by atoms with Gasteiger partial charge in [0, 0.05) is 26.2 Å². The van der Waals surface area contributed by atoms with Crippen LogP contribution in [0.1, 0.15) is 33.3 Å². The molecule has 0 atom stereocenters. The lowest BCUT2D eigenvalue weighted by Crippen LogP contribution is -2.25. The van der Waals surface area contributed by atoms with E-state index in [1.54, 1.807) is 6.07 Å². The zero-order valence-corrected chi connectivity index (χ0v) is 13.2. The molecular formula is C16H27FN2O. The van der Waals surface area contributed by atoms with Crippen molar-refractivity contribution in [2.45, 2.75) is 46.4 Å². The van der Waals surface area contributed by atoms with Crippen molar-refractivity contribution in [2.24, 2.45) is 0 Å². The van der Waals surface area contributed by atoms with Gasteiger partial charge in [-0.3, -0.25) is 0 Å². The maximum absolute atomic E-state index is 14.1. The second-order valence-electron chi connectivity index (χ2n) is 5.66. The SMILES string of the molecule is CC(C)NCc1ccc(N(C)CCOC(C)C)c(F)c1. The van der Waals surface area contributed by atoms with Crippen molar-refractivity contribution in [2.75, 3.05) is 25.1 Å². The lowest BCUT2D eigenvalue weighted by Gasteiger charge is -2.21. The molecule has 0 saturated carbocycles. The highest BCUT2D eigenvalue weighted by atomic mass is 19.1. The van der Waals surface area contributed by atoms with Crippen LogP contribution in [0.15, 0.2) is 18.2 Å². The molecule has 0 fully saturated rings. The van der Waals surface area contributed by atoms with Gasteiger partial charge in [-0.25, -0.2) is 4.39 Å². The van der Waals surface area contributed by atoms with Gasteiger partial charge in [0.1, 0.15) is 5.82 Å². The minimum atomic E-state index is -0.180. The highest BCUT2D eigenvalue weighted by Gasteiger charge is 2.09. The molecule has 1 aromatic carbocycles. The van der Waals surface area contributed by atoms with Gasteiger partial charge < -0.3 is 15.0 Å². The van der Waals surface area contributed by atoms with E-state index in [2.05, 4.69) is 19.2 Å². The summed E-state index contributed by atoms with van der Waals surface area (Å²) in [6, 6.07) is 5.80. The van der Waals surface area contributed by atoms with E-state index < -0.39 is 0 Å². The Bertz CT molecular complexity index is 407. The van der Waals surface area contributed by atoms with Gasteiger partial charge in [0.15, 0.2) is 0 Å². The lowest BCUT2D eigenvalue weighted by atomic mass is 10.1. The smallest absolute Gasteiger partial charge is 0.146 e. The summed E-state index contributed by atoms with van der Waals surface area (Å²) in [6.45, 7) is 10.1. The van der Waals surface area contributed by atoms with Crippen LogP contribution in [0.3, 0.4) is 0 Å². The van der Waals surface area contributed by atoms with Crippen molar-refractivity contribution >= 4 is 5.69 Å². The van der Waals surface area contributed by atoms with Crippen molar-refractivity contribution in [1.29, 1.82) is 0 Å². The van der Waals surface area contributed by atoms with E-state index in [9.17, 15) is 4.39 Å². The van der Waals surface area contributed by atoms with Crippen LogP contribution < -0.4 is 10.2 Å². The van der Waals surface area contributed by atoms with Gasteiger partial charge in [-0.05, 0) is 31.5 Å². The number of nitrogens with one attached hydrogen (secondary N) is 1. The molecule has 20 heavy (non-hydrogen) atoms. The Morgan fingerprint density at radius 1 is 1.25 bits per heavy atom. The van der Waals surface area contributed by atoms with Crippen LogP contribution in [0.25, 0.3) is 0 Å². The van der Waals surface area contributed by atoms with Crippen LogP contribution in [0.4, 0.5) is 10.1 Å². The molecule has 0 aromatic heterocycles. The van der Waals surface area contributed by atoms with Crippen LogP contribution in [0.5, 0.6) is 0 Å². The van der Waals surface area contributed by atoms with Crippen LogP contribution in [-0.4, -0.2) is 32.3 Å². The Hall–Kier alpha value is -1.13. The van der Waals surface area contributed by atoms with Gasteiger partial charge in [0.25, 0.3) is 0 Å². The largest absolute Gasteiger partial charge is 0.377 e. The minimum absolute atomic E-state index is 0.180. The summed E-state index contributed by atoms with van der Waals surface area (Å²) in [5.41, 5.74) is 1.58. The van der Waals surface area contributed by atoms with Gasteiger partial charge in [-0.2, -0.15) is 0 Å². The first-order chi connectivity index (χ1) is 9.40. The number of benzene rings is 1. The Morgan fingerprint density at radius 3 is 2.50 bits per heavy atom. The first-order valence-corrected chi connectivity index (χ1v) is 7.24. The number of hydrogen-bond donors (Lipinski definition) is 1. The second kappa shape index (κ2) is 8.22. The van der Waals surface area contributed by atoms with E-state index >= 15 is 0 Å². The molecule has 0 aliphatic carbocycles. The summed E-state index contributed by atoms with van der Waals surface area (Å²) in [7, 11) is 1.88. The van der Waals surface area contributed by atoms with E-state index in [1.807, 2.05) is 37.9 Å². The maximum atomic E-state index is 14.1. The van der Waals surface area contributed by atoms with Crippen molar-refractivity contribution < 1.29 is 9.13 Å². The van der Waals surface area contributed by atoms with E-state index in [-0.39, 0.29) is 11.9 Å². The minimum Gasteiger partial charge on any atom is -0.377 e. The van der Waals surface area contributed by atoms with Crippen LogP contribution >= 0.6 is 0 Å². The molecule has 1 aromatic rings. The Kier molecular flexibility index (Phi) is 6.96. The molecule has 0 amide bonds. The second-order valence-corrected chi connectivity index (χ2v) is 5.66. The monoisotopic (exact) mass is 282 g/mol. The molecule has 114 valence electrons. The van der Waals surface area contributed by atoms with Crippen molar-refractivity contribution in [3.63, 3.8) is 0 Å². The number of hydrogen-bond acceptors (Lipinski definition) is 3. The Labute approximate surface area is 122 Å². The molecule has 0 heterocycles. The van der Waals surface area contributed by atoms with E-state index in [4.69, 9.17) is 4.74 Å². The summed E-state index contributed by atoms with van der Waals surface area (Å²) < 4.78 is 19.6. The van der Waals surface area contributed by atoms with Gasteiger partial charge in [-0.15, -0.1) is 0 Å². The van der Waals surface area contributed by atoms with Crippen molar-refractivity contribution in [1.82, 2.24) is 5.32 Å². The topological polar surface area (TPSA) is 24.5 Å². The third-order valence-electron chi connectivity index (χ3n) is 3.02. The number of nitrogens with zero attached hydrogens (tertiary/aromatic N) is 1. The first kappa shape index (κ1) is 16.9. The van der Waals surface area contributed by atoms with E-state index in [0.717, 1.165) is 5.56 Å². The van der Waals surface area contributed by atoms with Gasteiger partial charge in [-0.1, -0.05) is 19.9 Å². The quantitative estimate of drug-likeness (QED) is 0.792. The predicted octanol–water partition coefficient (Wildman–Crippen LogP) is 3.18. The zero-order valence-electron chi connectivity index (χ0n) is 13.2. The number of rotatable bonds is 8. The molecule has 0 saturated heterocycles. The van der Waals surface area contributed by atoms with E-state index in [0.29, 0.717) is 31.4 Å². The van der Waals surface area contributed by atoms with E-state index in [1.165, 1.54) is 0 Å². The highest BCUT2D eigenvalue weighted by Crippen LogP contribution is 2.19. The summed E-state index contributed by atoms with van der Waals surface area (Å²) in [5, 5.41) is 3.28. The normalized spacial score (nSPS) is 11.4. The molecule has 0 aliphatic rings. The lowest BCUT2D eigenvalue weighted by molar-refractivity contribution is 0.0845. The molecule has 1 N–H and O–H groups in total. The van der Waals surface area contributed by atoms with Crippen LogP contribution in [0, 0.1) is 5.82 Å². The first-order valence-electron chi connectivity index (χ1n) is 7.24. The van der Waals surface area contributed by atoms with Crippen molar-refractivity contribution in [3.05, 3.63) is 29.6 Å². The molecule has 0 aliphatic heterocycles. The fourth-order valence-electron chi connectivity index (χ4n) is 1.84. The molecule has 4 heteroatoms. The third-order valence-corrected chi connectivity index (χ3v) is 3.02. The van der Waals surface area contributed by atoms with Crippen LogP contribution in [0.2, 0.25) is 0 Å². The number of ether oxygens (including phenoxy) is 1. The average molecular weight is 282 g/mol. The molecule has 0 unspecified atom stereocenters. The van der Waals surface area contributed by atoms with Gasteiger partial charge in [0.2, 0.25) is 0 Å². The van der Waals surface area contributed by atoms with Crippen LogP contribution in [-0.2, 0) is 11.3 Å². The Morgan fingerprint density at radius 2 is 1.95 bits per heavy atom. The van der Waals surface area contributed by atoms with Gasteiger partial charge in [0.05, 0.1) is 18.4 Å². The maximum Gasteiger partial charge on any atom is 0.146 e. The molecule has 0 bridgehead atoms. The number of halogens is 1. The Balaban J connectivity index is 2.58. The number of likely N-dealkylation sites (N-methyl/N-ethyl adjacent to an activating group) is 1. The standard InChI is InChI=1S/C16H27FN2O/c1-12(2)18-11-14-6-7-16(15(17)10-14)19(5)8-9-20-13(3)4/h6-7,10,12-13,18H,8-9,11H2,1-5H3.